The van der Waals surface area contributed by atoms with E-state index in [4.69, 9.17) is 4.74 Å². The largest absolute Gasteiger partial charge is 0.378 e. The molecule has 0 saturated carbocycles. The van der Waals surface area contributed by atoms with Gasteiger partial charge in [0.15, 0.2) is 0 Å². The second-order valence-corrected chi connectivity index (χ2v) is 5.62. The first-order valence-electron chi connectivity index (χ1n) is 6.58. The molecule has 0 spiro atoms. The smallest absolute Gasteiger partial charge is 0.238 e. The van der Waals surface area contributed by atoms with Crippen molar-refractivity contribution >= 4 is 33.2 Å². The molecule has 1 aliphatic rings. The molecule has 1 heterocycles. The molecule has 4 nitrogen and oxygen atoms in total. The van der Waals surface area contributed by atoms with Gasteiger partial charge in [-0.05, 0) is 30.7 Å². The zero-order chi connectivity index (χ0) is 13.7. The lowest BCUT2D eigenvalue weighted by molar-refractivity contribution is -0.115. The van der Waals surface area contributed by atoms with Gasteiger partial charge in [0.25, 0.3) is 0 Å². The number of hydrogen-bond acceptors (Lipinski definition) is 3. The van der Waals surface area contributed by atoms with E-state index in [1.807, 2.05) is 31.2 Å². The average Bonchev–Trinajstić information content (AvgIpc) is 2.48. The van der Waals surface area contributed by atoms with Gasteiger partial charge >= 0.3 is 0 Å². The maximum absolute atomic E-state index is 11.7. The molecule has 5 heteroatoms. The van der Waals surface area contributed by atoms with Crippen LogP contribution in [0.3, 0.4) is 0 Å². The van der Waals surface area contributed by atoms with Crippen LogP contribution in [0.15, 0.2) is 24.3 Å². The molecular weight excluding hydrogens is 308 g/mol. The third-order valence-electron chi connectivity index (χ3n) is 3.15. The molecule has 1 aliphatic heterocycles. The standard InChI is InChI=1S/C14H19BrN2O2/c1-2-13(15)14(18)16-11-3-5-12(6-4-11)17-7-9-19-10-8-17/h3-6,13H,2,7-10H2,1H3,(H,16,18). The normalized spacial score (nSPS) is 17.1. The highest BCUT2D eigenvalue weighted by Crippen LogP contribution is 2.19. The number of hydrogen-bond donors (Lipinski definition) is 1. The molecule has 1 aromatic carbocycles. The molecule has 1 fully saturated rings. The van der Waals surface area contributed by atoms with Gasteiger partial charge in [0, 0.05) is 24.5 Å². The van der Waals surface area contributed by atoms with E-state index in [9.17, 15) is 4.79 Å². The van der Waals surface area contributed by atoms with Crippen LogP contribution in [-0.4, -0.2) is 37.0 Å². The van der Waals surface area contributed by atoms with Crippen molar-refractivity contribution in [3.63, 3.8) is 0 Å². The third kappa shape index (κ3) is 3.94. The van der Waals surface area contributed by atoms with E-state index >= 15 is 0 Å². The predicted molar refractivity (Wildman–Crippen MR) is 81.1 cm³/mol. The van der Waals surface area contributed by atoms with E-state index in [0.717, 1.165) is 38.4 Å². The van der Waals surface area contributed by atoms with Gasteiger partial charge in [0.05, 0.1) is 18.0 Å². The maximum Gasteiger partial charge on any atom is 0.238 e. The number of amides is 1. The lowest BCUT2D eigenvalue weighted by Gasteiger charge is -2.28. The third-order valence-corrected chi connectivity index (χ3v) is 4.22. The molecular formula is C14H19BrN2O2. The lowest BCUT2D eigenvalue weighted by Crippen LogP contribution is -2.36. The van der Waals surface area contributed by atoms with Crippen molar-refractivity contribution in [3.05, 3.63) is 24.3 Å². The molecule has 19 heavy (non-hydrogen) atoms. The molecule has 104 valence electrons. The SMILES string of the molecule is CCC(Br)C(=O)Nc1ccc(N2CCOCC2)cc1. The number of carbonyl (C=O) groups excluding carboxylic acids is 1. The minimum Gasteiger partial charge on any atom is -0.378 e. The maximum atomic E-state index is 11.7. The summed E-state index contributed by atoms with van der Waals surface area (Å²) >= 11 is 3.34. The summed E-state index contributed by atoms with van der Waals surface area (Å²) in [6, 6.07) is 7.96. The van der Waals surface area contributed by atoms with Gasteiger partial charge in [-0.1, -0.05) is 22.9 Å². The van der Waals surface area contributed by atoms with Crippen LogP contribution in [0.1, 0.15) is 13.3 Å². The molecule has 0 radical (unpaired) electrons. The van der Waals surface area contributed by atoms with Gasteiger partial charge < -0.3 is 15.0 Å². The Morgan fingerprint density at radius 1 is 1.37 bits per heavy atom. The molecule has 1 atom stereocenters. The van der Waals surface area contributed by atoms with E-state index in [-0.39, 0.29) is 10.7 Å². The van der Waals surface area contributed by atoms with Gasteiger partial charge in [-0.25, -0.2) is 0 Å². The first-order valence-corrected chi connectivity index (χ1v) is 7.50. The van der Waals surface area contributed by atoms with Crippen LogP contribution >= 0.6 is 15.9 Å². The number of nitrogens with one attached hydrogen (secondary N) is 1. The number of alkyl halides is 1. The molecule has 2 rings (SSSR count). The van der Waals surface area contributed by atoms with Gasteiger partial charge in [0.1, 0.15) is 0 Å². The summed E-state index contributed by atoms with van der Waals surface area (Å²) in [7, 11) is 0. The second kappa shape index (κ2) is 6.91. The van der Waals surface area contributed by atoms with Crippen molar-refractivity contribution in [1.82, 2.24) is 0 Å². The van der Waals surface area contributed by atoms with Crippen LogP contribution in [-0.2, 0) is 9.53 Å². The number of benzene rings is 1. The second-order valence-electron chi connectivity index (χ2n) is 4.51. The van der Waals surface area contributed by atoms with Gasteiger partial charge in [-0.2, -0.15) is 0 Å². The summed E-state index contributed by atoms with van der Waals surface area (Å²) in [6.45, 7) is 5.37. The summed E-state index contributed by atoms with van der Waals surface area (Å²) in [5.41, 5.74) is 2.01. The summed E-state index contributed by atoms with van der Waals surface area (Å²) < 4.78 is 5.33. The van der Waals surface area contributed by atoms with E-state index in [0.29, 0.717) is 0 Å². The van der Waals surface area contributed by atoms with Crippen molar-refractivity contribution in [1.29, 1.82) is 0 Å². The topological polar surface area (TPSA) is 41.6 Å². The van der Waals surface area contributed by atoms with Crippen molar-refractivity contribution < 1.29 is 9.53 Å². The molecule has 1 N–H and O–H groups in total. The summed E-state index contributed by atoms with van der Waals surface area (Å²) in [6.07, 6.45) is 0.775. The monoisotopic (exact) mass is 326 g/mol. The highest BCUT2D eigenvalue weighted by molar-refractivity contribution is 9.10. The number of halogens is 1. The van der Waals surface area contributed by atoms with Crippen molar-refractivity contribution in [2.45, 2.75) is 18.2 Å². The molecule has 0 aliphatic carbocycles. The fraction of sp³-hybridized carbons (Fsp3) is 0.500. The Morgan fingerprint density at radius 3 is 2.58 bits per heavy atom. The van der Waals surface area contributed by atoms with Crippen LogP contribution in [0.2, 0.25) is 0 Å². The van der Waals surface area contributed by atoms with Crippen molar-refractivity contribution in [2.75, 3.05) is 36.5 Å². The number of nitrogens with zero attached hydrogens (tertiary/aromatic N) is 1. The average molecular weight is 327 g/mol. The zero-order valence-corrected chi connectivity index (χ0v) is 12.6. The van der Waals surface area contributed by atoms with Crippen LogP contribution in [0.25, 0.3) is 0 Å². The molecule has 0 bridgehead atoms. The number of anilines is 2. The van der Waals surface area contributed by atoms with Crippen molar-refractivity contribution in [2.24, 2.45) is 0 Å². The van der Waals surface area contributed by atoms with Crippen LogP contribution < -0.4 is 10.2 Å². The van der Waals surface area contributed by atoms with E-state index in [1.54, 1.807) is 0 Å². The van der Waals surface area contributed by atoms with Gasteiger partial charge in [0.2, 0.25) is 5.91 Å². The molecule has 1 saturated heterocycles. The predicted octanol–water partition coefficient (Wildman–Crippen LogP) is 2.64. The van der Waals surface area contributed by atoms with E-state index < -0.39 is 0 Å². The number of carbonyl (C=O) groups is 1. The summed E-state index contributed by atoms with van der Waals surface area (Å²) in [4.78, 5) is 13.9. The Hall–Kier alpha value is -1.07. The Balaban J connectivity index is 1.96. The van der Waals surface area contributed by atoms with Gasteiger partial charge in [-0.15, -0.1) is 0 Å². The quantitative estimate of drug-likeness (QED) is 0.865. The molecule has 1 aromatic rings. The molecule has 1 amide bonds. The van der Waals surface area contributed by atoms with Gasteiger partial charge in [-0.3, -0.25) is 4.79 Å². The van der Waals surface area contributed by atoms with Crippen LogP contribution in [0.5, 0.6) is 0 Å². The molecule has 1 unspecified atom stereocenters. The Morgan fingerprint density at radius 2 is 2.00 bits per heavy atom. The van der Waals surface area contributed by atoms with E-state index in [2.05, 4.69) is 26.1 Å². The van der Waals surface area contributed by atoms with Crippen molar-refractivity contribution in [3.8, 4) is 0 Å². The van der Waals surface area contributed by atoms with Crippen LogP contribution in [0, 0.1) is 0 Å². The summed E-state index contributed by atoms with van der Waals surface area (Å²) in [5, 5.41) is 2.89. The first-order chi connectivity index (χ1) is 9.20. The minimum atomic E-state index is -0.133. The number of morpholine rings is 1. The Bertz CT molecular complexity index is 416. The zero-order valence-electron chi connectivity index (χ0n) is 11.1. The van der Waals surface area contributed by atoms with Crippen LogP contribution in [0.4, 0.5) is 11.4 Å². The first kappa shape index (κ1) is 14.3. The fourth-order valence-electron chi connectivity index (χ4n) is 1.98. The Kier molecular flexibility index (Phi) is 5.22. The number of rotatable bonds is 4. The molecule has 0 aromatic heterocycles. The van der Waals surface area contributed by atoms with E-state index in [1.165, 1.54) is 5.69 Å². The summed E-state index contributed by atoms with van der Waals surface area (Å²) in [5.74, 6) is 0.00150. The number of ether oxygens (including phenoxy) is 1. The lowest BCUT2D eigenvalue weighted by atomic mass is 10.2. The Labute approximate surface area is 122 Å². The highest BCUT2D eigenvalue weighted by atomic mass is 79.9. The fourth-order valence-corrected chi connectivity index (χ4v) is 2.10. The minimum absolute atomic E-state index is 0.00150. The highest BCUT2D eigenvalue weighted by Gasteiger charge is 2.13.